The highest BCUT2D eigenvalue weighted by Crippen LogP contribution is 2.29. The van der Waals surface area contributed by atoms with Crippen LogP contribution in [0.5, 0.6) is 11.6 Å². The molecule has 1 aromatic heterocycles. The van der Waals surface area contributed by atoms with E-state index >= 15 is 0 Å². The summed E-state index contributed by atoms with van der Waals surface area (Å²) in [4.78, 5) is 15.4. The molecule has 0 radical (unpaired) electrons. The number of carboxylic acid groups (broad SMARTS) is 1. The highest BCUT2D eigenvalue weighted by atomic mass is 16.5. The van der Waals surface area contributed by atoms with Crippen molar-refractivity contribution in [1.29, 1.82) is 0 Å². The maximum atomic E-state index is 11.2. The second-order valence-electron chi connectivity index (χ2n) is 4.49. The van der Waals surface area contributed by atoms with Gasteiger partial charge in [-0.3, -0.25) is 0 Å². The van der Waals surface area contributed by atoms with E-state index in [4.69, 9.17) is 10.5 Å². The molecule has 5 nitrogen and oxygen atoms in total. The monoisotopic (exact) mass is 280 g/mol. The van der Waals surface area contributed by atoms with Crippen LogP contribution in [0.3, 0.4) is 0 Å². The molecule has 3 rings (SSSR count). The van der Waals surface area contributed by atoms with E-state index in [1.807, 2.05) is 0 Å². The number of benzene rings is 2. The van der Waals surface area contributed by atoms with Gasteiger partial charge in [-0.25, -0.2) is 9.78 Å². The molecular formula is C16H12N2O3. The number of hydrogen-bond acceptors (Lipinski definition) is 4. The highest BCUT2D eigenvalue weighted by molar-refractivity contribution is 6.04. The van der Waals surface area contributed by atoms with E-state index in [1.165, 1.54) is 6.20 Å². The zero-order chi connectivity index (χ0) is 14.8. The van der Waals surface area contributed by atoms with E-state index in [9.17, 15) is 9.90 Å². The third-order valence-corrected chi connectivity index (χ3v) is 3.09. The number of aromatic nitrogens is 1. The molecule has 0 amide bonds. The molecule has 0 fully saturated rings. The lowest BCUT2D eigenvalue weighted by Crippen LogP contribution is -1.98. The smallest absolute Gasteiger partial charge is 0.336 e. The number of nitrogen functional groups attached to an aromatic ring is 1. The lowest BCUT2D eigenvalue weighted by Gasteiger charge is -2.09. The first-order valence-electron chi connectivity index (χ1n) is 6.29. The Morgan fingerprint density at radius 3 is 2.52 bits per heavy atom. The number of anilines is 1. The van der Waals surface area contributed by atoms with Crippen LogP contribution in [0.15, 0.2) is 54.7 Å². The molecular weight excluding hydrogens is 268 g/mol. The Labute approximate surface area is 120 Å². The molecule has 3 aromatic rings. The lowest BCUT2D eigenvalue weighted by molar-refractivity contribution is 0.0699. The van der Waals surface area contributed by atoms with Crippen molar-refractivity contribution in [3.8, 4) is 11.6 Å². The Bertz CT molecular complexity index is 813. The summed E-state index contributed by atoms with van der Waals surface area (Å²) in [6.45, 7) is 0. The van der Waals surface area contributed by atoms with Crippen molar-refractivity contribution in [3.63, 3.8) is 0 Å². The molecule has 21 heavy (non-hydrogen) atoms. The molecule has 0 aliphatic carbocycles. The molecule has 3 N–H and O–H groups in total. The average molecular weight is 280 g/mol. The Balaban J connectivity index is 2.09. The van der Waals surface area contributed by atoms with Crippen molar-refractivity contribution in [2.45, 2.75) is 0 Å². The molecule has 0 atom stereocenters. The first-order valence-corrected chi connectivity index (χ1v) is 6.29. The van der Waals surface area contributed by atoms with Gasteiger partial charge in [0, 0.05) is 22.7 Å². The summed E-state index contributed by atoms with van der Waals surface area (Å²) in [5.41, 5.74) is 6.49. The first kappa shape index (κ1) is 12.9. The number of carbonyl (C=O) groups is 1. The topological polar surface area (TPSA) is 85.4 Å². The SMILES string of the molecule is Nc1ccc(Oc2nccc3c(C(=O)O)cccc23)cc1. The number of ether oxygens (including phenoxy) is 1. The number of nitrogens with zero attached hydrogens (tertiary/aromatic N) is 1. The number of rotatable bonds is 3. The van der Waals surface area contributed by atoms with Crippen molar-refractivity contribution in [1.82, 2.24) is 4.98 Å². The minimum atomic E-state index is -0.981. The number of hydrogen-bond donors (Lipinski definition) is 2. The van der Waals surface area contributed by atoms with Gasteiger partial charge in [0.25, 0.3) is 0 Å². The maximum Gasteiger partial charge on any atom is 0.336 e. The second kappa shape index (κ2) is 5.13. The molecule has 0 saturated carbocycles. The molecule has 0 aliphatic rings. The average Bonchev–Trinajstić information content (AvgIpc) is 2.49. The minimum Gasteiger partial charge on any atom is -0.478 e. The molecule has 0 aliphatic heterocycles. The van der Waals surface area contributed by atoms with Crippen molar-refractivity contribution < 1.29 is 14.6 Å². The van der Waals surface area contributed by atoms with E-state index in [-0.39, 0.29) is 5.56 Å². The van der Waals surface area contributed by atoms with Crippen LogP contribution < -0.4 is 10.5 Å². The molecule has 0 bridgehead atoms. The normalized spacial score (nSPS) is 10.5. The predicted molar refractivity (Wildman–Crippen MR) is 79.6 cm³/mol. The van der Waals surface area contributed by atoms with Crippen LogP contribution in [0.4, 0.5) is 5.69 Å². The fourth-order valence-corrected chi connectivity index (χ4v) is 2.10. The van der Waals surface area contributed by atoms with E-state index in [0.717, 1.165) is 0 Å². The quantitative estimate of drug-likeness (QED) is 0.719. The zero-order valence-corrected chi connectivity index (χ0v) is 11.0. The summed E-state index contributed by atoms with van der Waals surface area (Å²) >= 11 is 0. The second-order valence-corrected chi connectivity index (χ2v) is 4.49. The third-order valence-electron chi connectivity index (χ3n) is 3.09. The predicted octanol–water partition coefficient (Wildman–Crippen LogP) is 3.31. The number of nitrogens with two attached hydrogens (primary N) is 1. The number of pyridine rings is 1. The van der Waals surface area contributed by atoms with Gasteiger partial charge in [-0.1, -0.05) is 6.07 Å². The van der Waals surface area contributed by atoms with Crippen molar-refractivity contribution in [2.75, 3.05) is 5.73 Å². The van der Waals surface area contributed by atoms with Gasteiger partial charge in [0.2, 0.25) is 5.88 Å². The van der Waals surface area contributed by atoms with Gasteiger partial charge in [0.1, 0.15) is 5.75 Å². The van der Waals surface area contributed by atoms with Crippen LogP contribution in [0.1, 0.15) is 10.4 Å². The summed E-state index contributed by atoms with van der Waals surface area (Å²) in [7, 11) is 0. The van der Waals surface area contributed by atoms with Gasteiger partial charge in [0.05, 0.1) is 5.56 Å². The molecule has 0 saturated heterocycles. The van der Waals surface area contributed by atoms with E-state index in [0.29, 0.717) is 28.1 Å². The Morgan fingerprint density at radius 2 is 1.81 bits per heavy atom. The standard InChI is InChI=1S/C16H12N2O3/c17-10-4-6-11(7-5-10)21-15-13-2-1-3-14(16(19)20)12(13)8-9-18-15/h1-9H,17H2,(H,19,20). The van der Waals surface area contributed by atoms with Crippen LogP contribution >= 0.6 is 0 Å². The van der Waals surface area contributed by atoms with Crippen molar-refractivity contribution >= 4 is 22.4 Å². The Hall–Kier alpha value is -3.08. The summed E-state index contributed by atoms with van der Waals surface area (Å²) in [5, 5.41) is 10.5. The molecule has 0 unspecified atom stereocenters. The summed E-state index contributed by atoms with van der Waals surface area (Å²) in [5.74, 6) is -0.0319. The van der Waals surface area contributed by atoms with Gasteiger partial charge in [-0.2, -0.15) is 0 Å². The fraction of sp³-hybridized carbons (Fsp3) is 0. The van der Waals surface area contributed by atoms with Crippen LogP contribution in [-0.2, 0) is 0 Å². The molecule has 5 heteroatoms. The van der Waals surface area contributed by atoms with Gasteiger partial charge in [0.15, 0.2) is 0 Å². The largest absolute Gasteiger partial charge is 0.478 e. The molecule has 104 valence electrons. The fourth-order valence-electron chi connectivity index (χ4n) is 2.10. The molecule has 1 heterocycles. The van der Waals surface area contributed by atoms with E-state index < -0.39 is 5.97 Å². The van der Waals surface area contributed by atoms with E-state index in [1.54, 1.807) is 48.5 Å². The first-order chi connectivity index (χ1) is 10.1. The lowest BCUT2D eigenvalue weighted by atomic mass is 10.1. The van der Waals surface area contributed by atoms with Crippen LogP contribution in [0.25, 0.3) is 10.8 Å². The van der Waals surface area contributed by atoms with Gasteiger partial charge in [-0.15, -0.1) is 0 Å². The van der Waals surface area contributed by atoms with Crippen molar-refractivity contribution in [2.24, 2.45) is 0 Å². The van der Waals surface area contributed by atoms with E-state index in [2.05, 4.69) is 4.98 Å². The molecule has 2 aromatic carbocycles. The van der Waals surface area contributed by atoms with Crippen LogP contribution in [0, 0.1) is 0 Å². The summed E-state index contributed by atoms with van der Waals surface area (Å²) in [6.07, 6.45) is 1.53. The molecule has 0 spiro atoms. The Morgan fingerprint density at radius 1 is 1.05 bits per heavy atom. The van der Waals surface area contributed by atoms with Gasteiger partial charge in [-0.05, 0) is 42.5 Å². The number of carboxylic acids is 1. The highest BCUT2D eigenvalue weighted by Gasteiger charge is 2.12. The van der Waals surface area contributed by atoms with Crippen LogP contribution in [-0.4, -0.2) is 16.1 Å². The summed E-state index contributed by atoms with van der Waals surface area (Å²) < 4.78 is 5.72. The maximum absolute atomic E-state index is 11.2. The van der Waals surface area contributed by atoms with Crippen molar-refractivity contribution in [3.05, 3.63) is 60.3 Å². The Kier molecular flexibility index (Phi) is 3.16. The minimum absolute atomic E-state index is 0.219. The summed E-state index contributed by atoms with van der Waals surface area (Å²) in [6, 6.07) is 13.6. The van der Waals surface area contributed by atoms with Gasteiger partial charge >= 0.3 is 5.97 Å². The van der Waals surface area contributed by atoms with Gasteiger partial charge < -0.3 is 15.6 Å². The third kappa shape index (κ3) is 2.49. The number of aromatic carboxylic acids is 1. The number of fused-ring (bicyclic) bond motifs is 1. The zero-order valence-electron chi connectivity index (χ0n) is 11.0. The van der Waals surface area contributed by atoms with Crippen LogP contribution in [0.2, 0.25) is 0 Å².